The lowest BCUT2D eigenvalue weighted by Crippen LogP contribution is -2.30. The van der Waals surface area contributed by atoms with Crippen molar-refractivity contribution in [1.29, 1.82) is 0 Å². The molecule has 0 aromatic heterocycles. The SMILES string of the molecule is O=C1CCC/C=C/CCN1Cc1ccccc1. The van der Waals surface area contributed by atoms with Crippen molar-refractivity contribution in [1.82, 2.24) is 4.90 Å². The summed E-state index contributed by atoms with van der Waals surface area (Å²) >= 11 is 0. The smallest absolute Gasteiger partial charge is 0.222 e. The maximum Gasteiger partial charge on any atom is 0.222 e. The molecule has 0 unspecified atom stereocenters. The van der Waals surface area contributed by atoms with Crippen molar-refractivity contribution < 1.29 is 4.79 Å². The quantitative estimate of drug-likeness (QED) is 0.713. The van der Waals surface area contributed by atoms with Crippen LogP contribution in [0.15, 0.2) is 42.5 Å². The van der Waals surface area contributed by atoms with Gasteiger partial charge in [-0.05, 0) is 24.8 Å². The van der Waals surface area contributed by atoms with Crippen molar-refractivity contribution in [3.63, 3.8) is 0 Å². The highest BCUT2D eigenvalue weighted by atomic mass is 16.2. The van der Waals surface area contributed by atoms with Gasteiger partial charge in [0.25, 0.3) is 0 Å². The molecular formula is C15H19NO. The lowest BCUT2D eigenvalue weighted by atomic mass is 10.2. The molecule has 0 saturated carbocycles. The molecule has 1 aliphatic rings. The molecule has 0 radical (unpaired) electrons. The molecule has 1 aliphatic heterocycles. The fourth-order valence-electron chi connectivity index (χ4n) is 2.09. The Morgan fingerprint density at radius 1 is 1.06 bits per heavy atom. The van der Waals surface area contributed by atoms with Crippen molar-refractivity contribution >= 4 is 5.91 Å². The molecule has 0 bridgehead atoms. The number of carbonyl (C=O) groups excluding carboxylic acids is 1. The van der Waals surface area contributed by atoms with Gasteiger partial charge in [-0.2, -0.15) is 0 Å². The van der Waals surface area contributed by atoms with Gasteiger partial charge in [0.2, 0.25) is 5.91 Å². The largest absolute Gasteiger partial charge is 0.338 e. The van der Waals surface area contributed by atoms with Gasteiger partial charge in [0.15, 0.2) is 0 Å². The first-order valence-electron chi connectivity index (χ1n) is 6.33. The average molecular weight is 229 g/mol. The minimum Gasteiger partial charge on any atom is -0.338 e. The van der Waals surface area contributed by atoms with E-state index in [1.807, 2.05) is 23.1 Å². The molecule has 90 valence electrons. The van der Waals surface area contributed by atoms with Gasteiger partial charge in [-0.25, -0.2) is 0 Å². The van der Waals surface area contributed by atoms with Gasteiger partial charge < -0.3 is 4.90 Å². The number of carbonyl (C=O) groups is 1. The predicted octanol–water partition coefficient (Wildman–Crippen LogP) is 3.15. The standard InChI is InChI=1S/C15H19NO/c17-15-11-7-2-1-3-8-12-16(15)13-14-9-5-4-6-10-14/h1,3-6,9-10H,2,7-8,11-13H2/b3-1+. The Labute approximate surface area is 103 Å². The van der Waals surface area contributed by atoms with Crippen LogP contribution in [0.1, 0.15) is 31.2 Å². The topological polar surface area (TPSA) is 20.3 Å². The number of allylic oxidation sites excluding steroid dienone is 1. The highest BCUT2D eigenvalue weighted by Gasteiger charge is 2.13. The van der Waals surface area contributed by atoms with Gasteiger partial charge >= 0.3 is 0 Å². The average Bonchev–Trinajstić information content (AvgIpc) is 2.45. The third kappa shape index (κ3) is 3.74. The maximum absolute atomic E-state index is 12.0. The summed E-state index contributed by atoms with van der Waals surface area (Å²) in [5, 5.41) is 0. The Balaban J connectivity index is 2.01. The second kappa shape index (κ2) is 6.24. The minimum absolute atomic E-state index is 0.289. The number of amides is 1. The van der Waals surface area contributed by atoms with Crippen molar-refractivity contribution in [3.8, 4) is 0 Å². The summed E-state index contributed by atoms with van der Waals surface area (Å²) in [5.41, 5.74) is 1.21. The Hall–Kier alpha value is -1.57. The molecular weight excluding hydrogens is 210 g/mol. The second-order valence-electron chi connectivity index (χ2n) is 4.45. The van der Waals surface area contributed by atoms with Crippen LogP contribution in [-0.4, -0.2) is 17.4 Å². The fourth-order valence-corrected chi connectivity index (χ4v) is 2.09. The van der Waals surface area contributed by atoms with E-state index in [0.29, 0.717) is 6.42 Å². The second-order valence-corrected chi connectivity index (χ2v) is 4.45. The number of benzene rings is 1. The van der Waals surface area contributed by atoms with Crippen molar-refractivity contribution in [2.24, 2.45) is 0 Å². The summed E-state index contributed by atoms with van der Waals surface area (Å²) in [4.78, 5) is 14.0. The van der Waals surface area contributed by atoms with Crippen molar-refractivity contribution in [2.75, 3.05) is 6.54 Å². The van der Waals surface area contributed by atoms with Crippen LogP contribution in [0.5, 0.6) is 0 Å². The molecule has 1 heterocycles. The minimum atomic E-state index is 0.289. The zero-order valence-corrected chi connectivity index (χ0v) is 10.1. The summed E-state index contributed by atoms with van der Waals surface area (Å²) < 4.78 is 0. The molecule has 0 N–H and O–H groups in total. The first-order chi connectivity index (χ1) is 8.36. The molecule has 1 aromatic carbocycles. The van der Waals surface area contributed by atoms with Gasteiger partial charge in [-0.3, -0.25) is 4.79 Å². The van der Waals surface area contributed by atoms with Crippen LogP contribution in [0.2, 0.25) is 0 Å². The third-order valence-corrected chi connectivity index (χ3v) is 3.06. The molecule has 0 aliphatic carbocycles. The van der Waals surface area contributed by atoms with Gasteiger partial charge in [-0.15, -0.1) is 0 Å². The van der Waals surface area contributed by atoms with E-state index in [0.717, 1.165) is 32.4 Å². The molecule has 0 atom stereocenters. The third-order valence-electron chi connectivity index (χ3n) is 3.06. The monoisotopic (exact) mass is 229 g/mol. The summed E-state index contributed by atoms with van der Waals surface area (Å²) in [5.74, 6) is 0.289. The van der Waals surface area contributed by atoms with Gasteiger partial charge in [0.1, 0.15) is 0 Å². The maximum atomic E-state index is 12.0. The normalized spacial score (nSPS) is 19.3. The first kappa shape index (κ1) is 11.9. The Bertz CT molecular complexity index is 383. The van der Waals surface area contributed by atoms with Crippen LogP contribution in [0.25, 0.3) is 0 Å². The van der Waals surface area contributed by atoms with Crippen LogP contribution in [0.4, 0.5) is 0 Å². The number of nitrogens with zero attached hydrogens (tertiary/aromatic N) is 1. The van der Waals surface area contributed by atoms with Crippen LogP contribution in [0, 0.1) is 0 Å². The van der Waals surface area contributed by atoms with E-state index in [9.17, 15) is 4.79 Å². The Morgan fingerprint density at radius 3 is 2.65 bits per heavy atom. The van der Waals surface area contributed by atoms with E-state index < -0.39 is 0 Å². The van der Waals surface area contributed by atoms with E-state index in [1.54, 1.807) is 0 Å². The zero-order valence-electron chi connectivity index (χ0n) is 10.1. The molecule has 0 spiro atoms. The lowest BCUT2D eigenvalue weighted by Gasteiger charge is -2.22. The Kier molecular flexibility index (Phi) is 4.37. The van der Waals surface area contributed by atoms with E-state index >= 15 is 0 Å². The van der Waals surface area contributed by atoms with Crippen LogP contribution < -0.4 is 0 Å². The molecule has 0 fully saturated rings. The van der Waals surface area contributed by atoms with Crippen LogP contribution in [-0.2, 0) is 11.3 Å². The lowest BCUT2D eigenvalue weighted by molar-refractivity contribution is -0.131. The fraction of sp³-hybridized carbons (Fsp3) is 0.400. The van der Waals surface area contributed by atoms with E-state index in [1.165, 1.54) is 5.56 Å². The van der Waals surface area contributed by atoms with Gasteiger partial charge in [0, 0.05) is 19.5 Å². The molecule has 0 saturated heterocycles. The van der Waals surface area contributed by atoms with Crippen molar-refractivity contribution in [2.45, 2.75) is 32.2 Å². The number of hydrogen-bond acceptors (Lipinski definition) is 1. The molecule has 2 nitrogen and oxygen atoms in total. The van der Waals surface area contributed by atoms with E-state index in [-0.39, 0.29) is 5.91 Å². The molecule has 2 rings (SSSR count). The number of hydrogen-bond donors (Lipinski definition) is 0. The van der Waals surface area contributed by atoms with E-state index in [2.05, 4.69) is 24.3 Å². The van der Waals surface area contributed by atoms with Gasteiger partial charge in [-0.1, -0.05) is 42.5 Å². The van der Waals surface area contributed by atoms with Crippen LogP contribution >= 0.6 is 0 Å². The Morgan fingerprint density at radius 2 is 1.82 bits per heavy atom. The van der Waals surface area contributed by atoms with Crippen LogP contribution in [0.3, 0.4) is 0 Å². The number of rotatable bonds is 2. The molecule has 17 heavy (non-hydrogen) atoms. The van der Waals surface area contributed by atoms with Gasteiger partial charge in [0.05, 0.1) is 0 Å². The molecule has 1 amide bonds. The summed E-state index contributed by atoms with van der Waals surface area (Å²) in [6.07, 6.45) is 8.04. The predicted molar refractivity (Wildman–Crippen MR) is 69.5 cm³/mol. The summed E-state index contributed by atoms with van der Waals surface area (Å²) in [6.45, 7) is 1.58. The van der Waals surface area contributed by atoms with E-state index in [4.69, 9.17) is 0 Å². The first-order valence-corrected chi connectivity index (χ1v) is 6.33. The molecule has 2 heteroatoms. The zero-order chi connectivity index (χ0) is 11.9. The summed E-state index contributed by atoms with van der Waals surface area (Å²) in [6, 6.07) is 10.2. The van der Waals surface area contributed by atoms with Crippen molar-refractivity contribution in [3.05, 3.63) is 48.0 Å². The highest BCUT2D eigenvalue weighted by molar-refractivity contribution is 5.76. The molecule has 1 aromatic rings. The highest BCUT2D eigenvalue weighted by Crippen LogP contribution is 2.11. The summed E-state index contributed by atoms with van der Waals surface area (Å²) in [7, 11) is 0.